The lowest BCUT2D eigenvalue weighted by Gasteiger charge is -2.16. The van der Waals surface area contributed by atoms with Crippen LogP contribution in [0.25, 0.3) is 0 Å². The van der Waals surface area contributed by atoms with Crippen molar-refractivity contribution in [3.05, 3.63) is 35.9 Å². The lowest BCUT2D eigenvalue weighted by molar-refractivity contribution is -0.144. The van der Waals surface area contributed by atoms with Gasteiger partial charge < -0.3 is 9.94 Å². The van der Waals surface area contributed by atoms with Gasteiger partial charge >= 0.3 is 5.97 Å². The van der Waals surface area contributed by atoms with E-state index < -0.39 is 11.4 Å². The van der Waals surface area contributed by atoms with Crippen LogP contribution in [0.3, 0.4) is 0 Å². The van der Waals surface area contributed by atoms with Gasteiger partial charge in [0.2, 0.25) is 0 Å². The molecule has 0 amide bonds. The summed E-state index contributed by atoms with van der Waals surface area (Å²) in [5.74, 6) is -0.799. The Labute approximate surface area is 106 Å². The Hall–Kier alpha value is -1.84. The molecule has 1 aromatic carbocycles. The van der Waals surface area contributed by atoms with E-state index in [9.17, 15) is 9.90 Å². The van der Waals surface area contributed by atoms with Gasteiger partial charge in [-0.1, -0.05) is 48.3 Å². The molecular formula is C14H17NO3. The van der Waals surface area contributed by atoms with Gasteiger partial charge in [-0.15, -0.1) is 0 Å². The van der Waals surface area contributed by atoms with Crippen molar-refractivity contribution in [3.8, 4) is 0 Å². The van der Waals surface area contributed by atoms with Crippen molar-refractivity contribution in [1.82, 2.24) is 0 Å². The molecule has 1 aliphatic rings. The van der Waals surface area contributed by atoms with Crippen molar-refractivity contribution in [2.75, 3.05) is 0 Å². The van der Waals surface area contributed by atoms with Crippen LogP contribution in [0.5, 0.6) is 0 Å². The molecule has 0 aliphatic heterocycles. The van der Waals surface area contributed by atoms with Crippen molar-refractivity contribution >= 4 is 12.2 Å². The summed E-state index contributed by atoms with van der Waals surface area (Å²) in [6, 6.07) is 9.68. The normalized spacial score (nSPS) is 18.0. The molecule has 0 saturated heterocycles. The van der Waals surface area contributed by atoms with E-state index in [2.05, 4.69) is 5.16 Å². The summed E-state index contributed by atoms with van der Waals surface area (Å²) in [7, 11) is 0. The monoisotopic (exact) mass is 247 g/mol. The van der Waals surface area contributed by atoms with Gasteiger partial charge in [0.15, 0.2) is 0 Å². The average Bonchev–Trinajstić information content (AvgIpc) is 2.86. The first-order chi connectivity index (χ1) is 8.73. The predicted octanol–water partition coefficient (Wildman–Crippen LogP) is 2.83. The van der Waals surface area contributed by atoms with Crippen molar-refractivity contribution in [2.24, 2.45) is 10.6 Å². The Morgan fingerprint density at radius 2 is 2.00 bits per heavy atom. The minimum atomic E-state index is -0.809. The Balaban J connectivity index is 1.89. The molecule has 0 aromatic heterocycles. The molecule has 0 atom stereocenters. The summed E-state index contributed by atoms with van der Waals surface area (Å²) in [6.07, 6.45) is 4.65. The van der Waals surface area contributed by atoms with Crippen molar-refractivity contribution in [1.29, 1.82) is 0 Å². The highest BCUT2D eigenvalue weighted by molar-refractivity contribution is 5.94. The second-order valence-corrected chi connectivity index (χ2v) is 4.66. The zero-order valence-electron chi connectivity index (χ0n) is 10.2. The molecule has 4 heteroatoms. The number of rotatable bonds is 5. The van der Waals surface area contributed by atoms with Crippen molar-refractivity contribution in [2.45, 2.75) is 32.3 Å². The molecule has 0 unspecified atom stereocenters. The van der Waals surface area contributed by atoms with Crippen LogP contribution in [0.2, 0.25) is 0 Å². The first kappa shape index (κ1) is 12.6. The molecule has 0 radical (unpaired) electrons. The minimum Gasteiger partial charge on any atom is -0.481 e. The van der Waals surface area contributed by atoms with E-state index in [0.29, 0.717) is 19.4 Å². The lowest BCUT2D eigenvalue weighted by atomic mass is 9.88. The summed E-state index contributed by atoms with van der Waals surface area (Å²) < 4.78 is 0. The van der Waals surface area contributed by atoms with E-state index in [4.69, 9.17) is 4.84 Å². The quantitative estimate of drug-likeness (QED) is 0.643. The maximum Gasteiger partial charge on any atom is 0.315 e. The predicted molar refractivity (Wildman–Crippen MR) is 68.3 cm³/mol. The molecule has 96 valence electrons. The summed E-state index contributed by atoms with van der Waals surface area (Å²) in [5.41, 5.74) is 0.210. The molecule has 1 saturated carbocycles. The van der Waals surface area contributed by atoms with Gasteiger partial charge in [-0.05, 0) is 18.4 Å². The van der Waals surface area contributed by atoms with Crippen LogP contribution in [-0.2, 0) is 16.2 Å². The topological polar surface area (TPSA) is 58.9 Å². The van der Waals surface area contributed by atoms with Gasteiger partial charge in [0.1, 0.15) is 12.0 Å². The van der Waals surface area contributed by atoms with Gasteiger partial charge in [0.05, 0.1) is 6.21 Å². The van der Waals surface area contributed by atoms with E-state index in [1.54, 1.807) is 0 Å². The molecule has 1 aromatic rings. The van der Waals surface area contributed by atoms with Crippen molar-refractivity contribution in [3.63, 3.8) is 0 Å². The zero-order valence-corrected chi connectivity index (χ0v) is 10.2. The number of carboxylic acid groups (broad SMARTS) is 1. The van der Waals surface area contributed by atoms with Gasteiger partial charge in [-0.25, -0.2) is 0 Å². The third-order valence-corrected chi connectivity index (χ3v) is 3.37. The number of oxime groups is 1. The van der Waals surface area contributed by atoms with Gasteiger partial charge in [-0.3, -0.25) is 4.79 Å². The summed E-state index contributed by atoms with van der Waals surface area (Å²) in [4.78, 5) is 16.4. The first-order valence-electron chi connectivity index (χ1n) is 6.17. The first-order valence-corrected chi connectivity index (χ1v) is 6.17. The number of hydrogen-bond acceptors (Lipinski definition) is 3. The van der Waals surface area contributed by atoms with Gasteiger partial charge in [0.25, 0.3) is 0 Å². The minimum absolute atomic E-state index is 0.368. The molecule has 0 spiro atoms. The van der Waals surface area contributed by atoms with Crippen LogP contribution >= 0.6 is 0 Å². The number of carboxylic acids is 1. The van der Waals surface area contributed by atoms with Crippen LogP contribution in [0.4, 0.5) is 0 Å². The van der Waals surface area contributed by atoms with E-state index in [0.717, 1.165) is 18.4 Å². The molecular weight excluding hydrogens is 230 g/mol. The van der Waals surface area contributed by atoms with Crippen molar-refractivity contribution < 1.29 is 14.7 Å². The van der Waals surface area contributed by atoms with E-state index in [1.165, 1.54) is 6.21 Å². The molecule has 1 N–H and O–H groups in total. The third-order valence-electron chi connectivity index (χ3n) is 3.37. The van der Waals surface area contributed by atoms with E-state index in [-0.39, 0.29) is 0 Å². The second-order valence-electron chi connectivity index (χ2n) is 4.66. The fraction of sp³-hybridized carbons (Fsp3) is 0.429. The summed E-state index contributed by atoms with van der Waals surface area (Å²) in [5, 5.41) is 13.1. The van der Waals surface area contributed by atoms with E-state index >= 15 is 0 Å². The molecule has 1 fully saturated rings. The highest BCUT2D eigenvalue weighted by atomic mass is 16.6. The SMILES string of the molecule is O=C(O)C1(/C=N\OCc2ccccc2)CCCC1. The maximum atomic E-state index is 11.2. The van der Waals surface area contributed by atoms with Crippen LogP contribution in [-0.4, -0.2) is 17.3 Å². The summed E-state index contributed by atoms with van der Waals surface area (Å²) in [6.45, 7) is 0.368. The third kappa shape index (κ3) is 2.88. The van der Waals surface area contributed by atoms with Crippen LogP contribution < -0.4 is 0 Å². The number of nitrogens with zero attached hydrogens (tertiary/aromatic N) is 1. The zero-order chi connectivity index (χ0) is 12.8. The Morgan fingerprint density at radius 1 is 1.33 bits per heavy atom. The number of aliphatic carboxylic acids is 1. The molecule has 0 bridgehead atoms. The lowest BCUT2D eigenvalue weighted by Crippen LogP contribution is -2.29. The van der Waals surface area contributed by atoms with Gasteiger partial charge in [-0.2, -0.15) is 0 Å². The van der Waals surface area contributed by atoms with Crippen LogP contribution in [0.1, 0.15) is 31.2 Å². The molecule has 1 aliphatic carbocycles. The average molecular weight is 247 g/mol. The summed E-state index contributed by atoms with van der Waals surface area (Å²) >= 11 is 0. The van der Waals surface area contributed by atoms with Crippen LogP contribution in [0.15, 0.2) is 35.5 Å². The molecule has 2 rings (SSSR count). The Bertz CT molecular complexity index is 422. The number of hydrogen-bond donors (Lipinski definition) is 1. The molecule has 18 heavy (non-hydrogen) atoms. The smallest absolute Gasteiger partial charge is 0.315 e. The van der Waals surface area contributed by atoms with Crippen LogP contribution in [0, 0.1) is 5.41 Å². The largest absolute Gasteiger partial charge is 0.481 e. The fourth-order valence-electron chi connectivity index (χ4n) is 2.23. The van der Waals surface area contributed by atoms with Gasteiger partial charge in [0, 0.05) is 0 Å². The number of benzene rings is 1. The highest BCUT2D eigenvalue weighted by Crippen LogP contribution is 2.36. The Kier molecular flexibility index (Phi) is 3.97. The number of carbonyl (C=O) groups is 1. The standard InChI is InChI=1S/C14H17NO3/c16-13(17)14(8-4-5-9-14)11-15-18-10-12-6-2-1-3-7-12/h1-3,6-7,11H,4-5,8-10H2,(H,16,17)/b15-11-. The second kappa shape index (κ2) is 5.67. The van der Waals surface area contributed by atoms with E-state index in [1.807, 2.05) is 30.3 Å². The fourth-order valence-corrected chi connectivity index (χ4v) is 2.23. The Morgan fingerprint density at radius 3 is 2.61 bits per heavy atom. The molecule has 4 nitrogen and oxygen atoms in total. The highest BCUT2D eigenvalue weighted by Gasteiger charge is 2.40. The molecule has 0 heterocycles. The maximum absolute atomic E-state index is 11.2.